The van der Waals surface area contributed by atoms with Crippen molar-refractivity contribution in [2.45, 2.75) is 26.4 Å². The summed E-state index contributed by atoms with van der Waals surface area (Å²) >= 11 is 0. The number of ether oxygens (including phenoxy) is 2. The molecule has 5 nitrogen and oxygen atoms in total. The zero-order valence-corrected chi connectivity index (χ0v) is 14.3. The molecule has 0 saturated carbocycles. The predicted molar refractivity (Wildman–Crippen MR) is 94.1 cm³/mol. The van der Waals surface area contributed by atoms with Gasteiger partial charge in [0.25, 0.3) is 0 Å². The van der Waals surface area contributed by atoms with Crippen LogP contribution >= 0.6 is 12.4 Å². The van der Waals surface area contributed by atoms with Crippen LogP contribution in [0.4, 0.5) is 5.69 Å². The number of hydrogen-bond acceptors (Lipinski definition) is 5. The average molecular weight is 350 g/mol. The summed E-state index contributed by atoms with van der Waals surface area (Å²) < 4.78 is 10.5. The Bertz CT molecular complexity index is 700. The molecule has 0 fully saturated rings. The molecule has 1 atom stereocenters. The molecule has 0 aromatic heterocycles. The summed E-state index contributed by atoms with van der Waals surface area (Å²) in [6.07, 6.45) is 0.0409. The van der Waals surface area contributed by atoms with Gasteiger partial charge in [-0.1, -0.05) is 24.3 Å². The lowest BCUT2D eigenvalue weighted by molar-refractivity contribution is -0.146. The summed E-state index contributed by atoms with van der Waals surface area (Å²) in [6.45, 7) is 2.72. The average Bonchev–Trinajstić information content (AvgIpc) is 2.46. The number of esters is 2. The Hall–Kier alpha value is -2.53. The van der Waals surface area contributed by atoms with Crippen LogP contribution in [0.15, 0.2) is 48.5 Å². The summed E-state index contributed by atoms with van der Waals surface area (Å²) in [6, 6.07) is 14.3. The number of hydrogen-bond donors (Lipinski definition) is 1. The molecule has 0 aliphatic carbocycles. The van der Waals surface area contributed by atoms with E-state index in [0.29, 0.717) is 17.9 Å². The Morgan fingerprint density at radius 2 is 1.71 bits per heavy atom. The van der Waals surface area contributed by atoms with Crippen LogP contribution in [0, 0.1) is 0 Å². The molecule has 0 amide bonds. The van der Waals surface area contributed by atoms with Crippen molar-refractivity contribution < 1.29 is 19.1 Å². The number of rotatable bonds is 5. The quantitative estimate of drug-likeness (QED) is 0.508. The van der Waals surface area contributed by atoms with Gasteiger partial charge in [-0.05, 0) is 35.4 Å². The van der Waals surface area contributed by atoms with Crippen molar-refractivity contribution in [3.63, 3.8) is 0 Å². The molecule has 6 heteroatoms. The number of anilines is 1. The molecule has 0 aliphatic heterocycles. The van der Waals surface area contributed by atoms with Gasteiger partial charge in [0.1, 0.15) is 11.9 Å². The van der Waals surface area contributed by atoms with Gasteiger partial charge >= 0.3 is 11.9 Å². The van der Waals surface area contributed by atoms with Crippen molar-refractivity contribution in [2.75, 3.05) is 5.73 Å². The fourth-order valence-electron chi connectivity index (χ4n) is 2.25. The third-order valence-electron chi connectivity index (χ3n) is 3.20. The summed E-state index contributed by atoms with van der Waals surface area (Å²) in [5, 5.41) is 0. The van der Waals surface area contributed by atoms with E-state index in [2.05, 4.69) is 0 Å². The Kier molecular flexibility index (Phi) is 7.27. The Balaban J connectivity index is 0.00000288. The second-order valence-corrected chi connectivity index (χ2v) is 5.21. The number of nitrogens with two attached hydrogens (primary N) is 1. The van der Waals surface area contributed by atoms with E-state index in [4.69, 9.17) is 15.2 Å². The Labute approximate surface area is 147 Å². The molecule has 24 heavy (non-hydrogen) atoms. The minimum atomic E-state index is -0.430. The van der Waals surface area contributed by atoms with E-state index in [-0.39, 0.29) is 24.3 Å². The molecule has 0 radical (unpaired) electrons. The van der Waals surface area contributed by atoms with Crippen LogP contribution < -0.4 is 10.5 Å². The minimum Gasteiger partial charge on any atom is -0.457 e. The third-order valence-corrected chi connectivity index (χ3v) is 3.20. The maximum atomic E-state index is 11.4. The highest BCUT2D eigenvalue weighted by Gasteiger charge is 2.16. The van der Waals surface area contributed by atoms with E-state index >= 15 is 0 Å². The van der Waals surface area contributed by atoms with Crippen molar-refractivity contribution in [3.05, 3.63) is 59.7 Å². The summed E-state index contributed by atoms with van der Waals surface area (Å²) in [7, 11) is 0. The smallest absolute Gasteiger partial charge is 0.308 e. The van der Waals surface area contributed by atoms with Gasteiger partial charge in [0, 0.05) is 26.0 Å². The fourth-order valence-corrected chi connectivity index (χ4v) is 2.25. The molecular weight excluding hydrogens is 330 g/mol. The first-order valence-electron chi connectivity index (χ1n) is 7.24. The lowest BCUT2D eigenvalue weighted by atomic mass is 10.0. The molecule has 0 aliphatic rings. The number of carbonyl (C=O) groups excluding carboxylic acids is 2. The molecule has 2 aromatic rings. The Morgan fingerprint density at radius 1 is 1.04 bits per heavy atom. The van der Waals surface area contributed by atoms with Crippen LogP contribution in [0.1, 0.15) is 31.1 Å². The number of nitrogen functional groups attached to an aromatic ring is 1. The summed E-state index contributed by atoms with van der Waals surface area (Å²) in [5.74, 6) is -0.269. The second-order valence-electron chi connectivity index (χ2n) is 5.21. The van der Waals surface area contributed by atoms with E-state index in [1.54, 1.807) is 30.3 Å². The van der Waals surface area contributed by atoms with Gasteiger partial charge in [0.15, 0.2) is 0 Å². The van der Waals surface area contributed by atoms with Gasteiger partial charge in [-0.15, -0.1) is 12.4 Å². The lowest BCUT2D eigenvalue weighted by Gasteiger charge is -2.18. The molecule has 0 spiro atoms. The lowest BCUT2D eigenvalue weighted by Crippen LogP contribution is -2.11. The van der Waals surface area contributed by atoms with E-state index in [9.17, 15) is 9.59 Å². The summed E-state index contributed by atoms with van der Waals surface area (Å²) in [4.78, 5) is 22.4. The van der Waals surface area contributed by atoms with E-state index in [0.717, 1.165) is 11.1 Å². The molecule has 0 heterocycles. The first kappa shape index (κ1) is 19.5. The van der Waals surface area contributed by atoms with E-state index < -0.39 is 6.10 Å². The number of benzene rings is 2. The zero-order valence-electron chi connectivity index (χ0n) is 13.5. The van der Waals surface area contributed by atoms with Gasteiger partial charge in [0.2, 0.25) is 0 Å². The molecule has 2 aromatic carbocycles. The topological polar surface area (TPSA) is 78.6 Å². The first-order valence-corrected chi connectivity index (χ1v) is 7.24. The maximum absolute atomic E-state index is 11.4. The molecule has 2 N–H and O–H groups in total. The number of carbonyl (C=O) groups is 2. The molecule has 128 valence electrons. The van der Waals surface area contributed by atoms with E-state index in [1.807, 2.05) is 18.2 Å². The molecule has 2 rings (SSSR count). The standard InChI is InChI=1S/C18H19NO4.ClH/c1-12(20)22-17-5-3-4-14(10-17)11-18(23-13(2)21)15-6-8-16(19)9-7-15;/h3-10,18H,11,19H2,1-2H3;1H. The van der Waals surface area contributed by atoms with Crippen molar-refractivity contribution in [1.82, 2.24) is 0 Å². The van der Waals surface area contributed by atoms with Gasteiger partial charge in [-0.25, -0.2) is 0 Å². The zero-order chi connectivity index (χ0) is 16.8. The minimum absolute atomic E-state index is 0. The van der Waals surface area contributed by atoms with Crippen LogP contribution in [0.3, 0.4) is 0 Å². The largest absolute Gasteiger partial charge is 0.457 e. The number of halogens is 1. The van der Waals surface area contributed by atoms with Gasteiger partial charge < -0.3 is 15.2 Å². The Morgan fingerprint density at radius 3 is 2.29 bits per heavy atom. The maximum Gasteiger partial charge on any atom is 0.308 e. The highest BCUT2D eigenvalue weighted by molar-refractivity contribution is 5.85. The van der Waals surface area contributed by atoms with Crippen LogP contribution in [0.25, 0.3) is 0 Å². The van der Waals surface area contributed by atoms with Crippen molar-refractivity contribution in [1.29, 1.82) is 0 Å². The SMILES string of the molecule is CC(=O)Oc1cccc(CC(OC(C)=O)c2ccc(N)cc2)c1.Cl. The highest BCUT2D eigenvalue weighted by Crippen LogP contribution is 2.25. The van der Waals surface area contributed by atoms with Gasteiger partial charge in [0.05, 0.1) is 0 Å². The van der Waals surface area contributed by atoms with Crippen LogP contribution in [-0.4, -0.2) is 11.9 Å². The first-order chi connectivity index (χ1) is 10.9. The van der Waals surface area contributed by atoms with Crippen molar-refractivity contribution >= 4 is 30.0 Å². The van der Waals surface area contributed by atoms with Crippen molar-refractivity contribution in [2.24, 2.45) is 0 Å². The fraction of sp³-hybridized carbons (Fsp3) is 0.222. The molecule has 0 bridgehead atoms. The van der Waals surface area contributed by atoms with Crippen LogP contribution in [0.5, 0.6) is 5.75 Å². The molecular formula is C18H20ClNO4. The second kappa shape index (κ2) is 8.93. The normalized spacial score (nSPS) is 11.1. The predicted octanol–water partition coefficient (Wildman–Crippen LogP) is 3.46. The summed E-state index contributed by atoms with van der Waals surface area (Å²) in [5.41, 5.74) is 8.09. The monoisotopic (exact) mass is 349 g/mol. The van der Waals surface area contributed by atoms with Gasteiger partial charge in [-0.2, -0.15) is 0 Å². The van der Waals surface area contributed by atoms with Crippen molar-refractivity contribution in [3.8, 4) is 5.75 Å². The molecule has 0 saturated heterocycles. The van der Waals surface area contributed by atoms with Crippen LogP contribution in [0.2, 0.25) is 0 Å². The highest BCUT2D eigenvalue weighted by atomic mass is 35.5. The third kappa shape index (κ3) is 5.93. The molecule has 1 unspecified atom stereocenters. The van der Waals surface area contributed by atoms with Gasteiger partial charge in [-0.3, -0.25) is 9.59 Å². The van der Waals surface area contributed by atoms with E-state index in [1.165, 1.54) is 13.8 Å². The van der Waals surface area contributed by atoms with Crippen LogP contribution in [-0.2, 0) is 20.7 Å².